The van der Waals surface area contributed by atoms with Gasteiger partial charge in [-0.15, -0.1) is 12.4 Å². The maximum atomic E-state index is 12.4. The molecule has 0 aromatic heterocycles. The predicted octanol–water partition coefficient (Wildman–Crippen LogP) is 1.05. The first-order valence-corrected chi connectivity index (χ1v) is 10.3. The Labute approximate surface area is 166 Å². The standard InChI is InChI=1S/C17H27N3O5S.ClH/c1-3-18-13(2)12-19-17(21)7-8-20-26(22,23)14-5-6-15-16(11-14)25-10-4-9-24-15;/h5-6,11,13,18,20H,3-4,7-10,12H2,1-2H3,(H,19,21);1H/t13-;/m1./s1. The normalized spacial score (nSPS) is 14.6. The molecule has 10 heteroatoms. The van der Waals surface area contributed by atoms with Crippen LogP contribution in [0, 0.1) is 0 Å². The molecular weight excluding hydrogens is 394 g/mol. The second kappa shape index (κ2) is 11.3. The van der Waals surface area contributed by atoms with Gasteiger partial charge in [-0.2, -0.15) is 0 Å². The minimum Gasteiger partial charge on any atom is -0.490 e. The van der Waals surface area contributed by atoms with Gasteiger partial charge in [0.25, 0.3) is 0 Å². The highest BCUT2D eigenvalue weighted by Gasteiger charge is 2.19. The highest BCUT2D eigenvalue weighted by atomic mass is 35.5. The molecule has 0 bridgehead atoms. The van der Waals surface area contributed by atoms with Crippen molar-refractivity contribution in [1.82, 2.24) is 15.4 Å². The van der Waals surface area contributed by atoms with Gasteiger partial charge in [-0.25, -0.2) is 13.1 Å². The fourth-order valence-corrected chi connectivity index (χ4v) is 3.52. The number of likely N-dealkylation sites (N-methyl/N-ethyl adjacent to an activating group) is 1. The zero-order chi connectivity index (χ0) is 19.0. The van der Waals surface area contributed by atoms with Gasteiger partial charge in [0, 0.05) is 38.0 Å². The number of nitrogens with one attached hydrogen (secondary N) is 3. The Morgan fingerprint density at radius 3 is 2.63 bits per heavy atom. The summed E-state index contributed by atoms with van der Waals surface area (Å²) in [5.41, 5.74) is 0. The van der Waals surface area contributed by atoms with Crippen LogP contribution in [0.4, 0.5) is 0 Å². The number of hydrogen-bond acceptors (Lipinski definition) is 6. The zero-order valence-corrected chi connectivity index (χ0v) is 17.2. The number of benzene rings is 1. The summed E-state index contributed by atoms with van der Waals surface area (Å²) >= 11 is 0. The van der Waals surface area contributed by atoms with Gasteiger partial charge >= 0.3 is 0 Å². The third kappa shape index (κ3) is 7.53. The lowest BCUT2D eigenvalue weighted by Gasteiger charge is -2.13. The second-order valence-electron chi connectivity index (χ2n) is 6.07. The molecule has 0 radical (unpaired) electrons. The lowest BCUT2D eigenvalue weighted by Crippen LogP contribution is -2.39. The molecule has 1 aliphatic rings. The third-order valence-corrected chi connectivity index (χ3v) is 5.29. The number of hydrogen-bond donors (Lipinski definition) is 3. The van der Waals surface area contributed by atoms with Gasteiger partial charge in [0.2, 0.25) is 15.9 Å². The summed E-state index contributed by atoms with van der Waals surface area (Å²) < 4.78 is 38.2. The number of ether oxygens (including phenoxy) is 2. The lowest BCUT2D eigenvalue weighted by atomic mass is 10.3. The van der Waals surface area contributed by atoms with E-state index in [1.807, 2.05) is 13.8 Å². The zero-order valence-electron chi connectivity index (χ0n) is 15.6. The molecule has 27 heavy (non-hydrogen) atoms. The predicted molar refractivity (Wildman–Crippen MR) is 105 cm³/mol. The Morgan fingerprint density at radius 1 is 1.22 bits per heavy atom. The van der Waals surface area contributed by atoms with Crippen molar-refractivity contribution in [3.05, 3.63) is 18.2 Å². The highest BCUT2D eigenvalue weighted by Crippen LogP contribution is 2.31. The fraction of sp³-hybridized carbons (Fsp3) is 0.588. The minimum atomic E-state index is -3.72. The second-order valence-corrected chi connectivity index (χ2v) is 7.84. The molecule has 154 valence electrons. The van der Waals surface area contributed by atoms with E-state index in [-0.39, 0.29) is 42.2 Å². The Kier molecular flexibility index (Phi) is 9.86. The highest BCUT2D eigenvalue weighted by molar-refractivity contribution is 7.89. The Hall–Kier alpha value is -1.55. The van der Waals surface area contributed by atoms with E-state index in [1.54, 1.807) is 6.07 Å². The Morgan fingerprint density at radius 2 is 1.93 bits per heavy atom. The van der Waals surface area contributed by atoms with E-state index in [0.717, 1.165) is 13.0 Å². The van der Waals surface area contributed by atoms with E-state index in [4.69, 9.17) is 9.47 Å². The van der Waals surface area contributed by atoms with Crippen LogP contribution in [0.3, 0.4) is 0 Å². The summed E-state index contributed by atoms with van der Waals surface area (Å²) in [6, 6.07) is 4.67. The molecule has 0 spiro atoms. The first-order valence-electron chi connectivity index (χ1n) is 8.81. The van der Waals surface area contributed by atoms with E-state index in [9.17, 15) is 13.2 Å². The fourth-order valence-electron chi connectivity index (χ4n) is 2.47. The van der Waals surface area contributed by atoms with Crippen LogP contribution in [-0.4, -0.2) is 53.2 Å². The molecule has 1 aromatic rings. The number of fused-ring (bicyclic) bond motifs is 1. The summed E-state index contributed by atoms with van der Waals surface area (Å²) in [6.07, 6.45) is 0.819. The number of halogens is 1. The van der Waals surface area contributed by atoms with Crippen LogP contribution in [0.1, 0.15) is 26.7 Å². The van der Waals surface area contributed by atoms with Crippen molar-refractivity contribution in [3.8, 4) is 11.5 Å². The first kappa shape index (κ1) is 23.5. The SMILES string of the molecule is CCN[C@H](C)CNC(=O)CCNS(=O)(=O)c1ccc2c(c1)OCCCO2.Cl. The molecular formula is C17H28ClN3O5S. The van der Waals surface area contributed by atoms with Gasteiger partial charge in [0.1, 0.15) is 0 Å². The molecule has 2 rings (SSSR count). The number of sulfonamides is 1. The quantitative estimate of drug-likeness (QED) is 0.550. The Bertz CT molecular complexity index is 715. The Balaban J connectivity index is 0.00000364. The van der Waals surface area contributed by atoms with E-state index in [1.165, 1.54) is 12.1 Å². The third-order valence-electron chi connectivity index (χ3n) is 3.83. The van der Waals surface area contributed by atoms with Crippen LogP contribution < -0.4 is 24.8 Å². The van der Waals surface area contributed by atoms with Crippen molar-refractivity contribution < 1.29 is 22.7 Å². The summed E-state index contributed by atoms with van der Waals surface area (Å²) in [7, 11) is -3.72. The molecule has 0 unspecified atom stereocenters. The van der Waals surface area contributed by atoms with Gasteiger partial charge < -0.3 is 20.1 Å². The van der Waals surface area contributed by atoms with Gasteiger partial charge in [0.15, 0.2) is 11.5 Å². The lowest BCUT2D eigenvalue weighted by molar-refractivity contribution is -0.121. The van der Waals surface area contributed by atoms with Crippen molar-refractivity contribution in [2.75, 3.05) is 32.8 Å². The first-order chi connectivity index (χ1) is 12.4. The molecule has 1 aromatic carbocycles. The topological polar surface area (TPSA) is 106 Å². The van der Waals surface area contributed by atoms with Crippen LogP contribution in [0.5, 0.6) is 11.5 Å². The van der Waals surface area contributed by atoms with Crippen molar-refractivity contribution >= 4 is 28.3 Å². The summed E-state index contributed by atoms with van der Waals surface area (Å²) in [5.74, 6) is 0.757. The van der Waals surface area contributed by atoms with Crippen molar-refractivity contribution in [3.63, 3.8) is 0 Å². The molecule has 0 fully saturated rings. The summed E-state index contributed by atoms with van der Waals surface area (Å²) in [5, 5.41) is 5.95. The monoisotopic (exact) mass is 421 g/mol. The maximum absolute atomic E-state index is 12.4. The largest absolute Gasteiger partial charge is 0.490 e. The van der Waals surface area contributed by atoms with Crippen molar-refractivity contribution in [2.24, 2.45) is 0 Å². The molecule has 1 aliphatic heterocycles. The van der Waals surface area contributed by atoms with E-state index >= 15 is 0 Å². The maximum Gasteiger partial charge on any atom is 0.240 e. The van der Waals surface area contributed by atoms with Crippen LogP contribution >= 0.6 is 12.4 Å². The molecule has 1 amide bonds. The number of amides is 1. The molecule has 1 heterocycles. The van der Waals surface area contributed by atoms with Crippen molar-refractivity contribution in [1.29, 1.82) is 0 Å². The molecule has 8 nitrogen and oxygen atoms in total. The average Bonchev–Trinajstić information content (AvgIpc) is 2.84. The van der Waals surface area contributed by atoms with Crippen LogP contribution in [0.15, 0.2) is 23.1 Å². The van der Waals surface area contributed by atoms with E-state index < -0.39 is 10.0 Å². The van der Waals surface area contributed by atoms with Gasteiger partial charge in [-0.1, -0.05) is 6.92 Å². The smallest absolute Gasteiger partial charge is 0.240 e. The van der Waals surface area contributed by atoms with Crippen LogP contribution in [0.25, 0.3) is 0 Å². The van der Waals surface area contributed by atoms with Crippen LogP contribution in [0.2, 0.25) is 0 Å². The molecule has 0 saturated carbocycles. The number of rotatable bonds is 9. The number of carbonyl (C=O) groups is 1. The molecule has 3 N–H and O–H groups in total. The van der Waals surface area contributed by atoms with E-state index in [2.05, 4.69) is 15.4 Å². The van der Waals surface area contributed by atoms with E-state index in [0.29, 0.717) is 31.3 Å². The number of carbonyl (C=O) groups excluding carboxylic acids is 1. The average molecular weight is 422 g/mol. The molecule has 0 saturated heterocycles. The summed E-state index contributed by atoms with van der Waals surface area (Å²) in [6.45, 7) is 6.34. The molecule has 1 atom stereocenters. The minimum absolute atomic E-state index is 0. The van der Waals surface area contributed by atoms with Crippen LogP contribution in [-0.2, 0) is 14.8 Å². The summed E-state index contributed by atoms with van der Waals surface area (Å²) in [4.78, 5) is 11.9. The molecule has 0 aliphatic carbocycles. The van der Waals surface area contributed by atoms with Gasteiger partial charge in [-0.05, 0) is 25.6 Å². The van der Waals surface area contributed by atoms with Crippen molar-refractivity contribution in [2.45, 2.75) is 37.6 Å². The van der Waals surface area contributed by atoms with Gasteiger partial charge in [-0.3, -0.25) is 4.79 Å². The van der Waals surface area contributed by atoms with Gasteiger partial charge in [0.05, 0.1) is 18.1 Å².